The Bertz CT molecular complexity index is 635. The second kappa shape index (κ2) is 9.85. The highest BCUT2D eigenvalue weighted by Crippen LogP contribution is 2.30. The predicted molar refractivity (Wildman–Crippen MR) is 104 cm³/mol. The average Bonchev–Trinajstić information content (AvgIpc) is 2.66. The van der Waals surface area contributed by atoms with Crippen LogP contribution in [0.2, 0.25) is 0 Å². The van der Waals surface area contributed by atoms with Gasteiger partial charge >= 0.3 is 0 Å². The molecular weight excluding hydrogens is 330 g/mol. The van der Waals surface area contributed by atoms with E-state index in [0.29, 0.717) is 0 Å². The Morgan fingerprint density at radius 1 is 1.12 bits per heavy atom. The first-order valence-electron chi connectivity index (χ1n) is 9.07. The fraction of sp³-hybridized carbons (Fsp3) is 0.429. The van der Waals surface area contributed by atoms with Gasteiger partial charge in [0.15, 0.2) is 0 Å². The Morgan fingerprint density at radius 3 is 2.76 bits per heavy atom. The lowest BCUT2D eigenvalue weighted by Crippen LogP contribution is -2.43. The van der Waals surface area contributed by atoms with Crippen molar-refractivity contribution in [3.8, 4) is 5.75 Å². The summed E-state index contributed by atoms with van der Waals surface area (Å²) in [7, 11) is 0. The summed E-state index contributed by atoms with van der Waals surface area (Å²) in [6.45, 7) is 6.70. The molecule has 1 fully saturated rings. The van der Waals surface area contributed by atoms with E-state index >= 15 is 0 Å². The van der Waals surface area contributed by atoms with Crippen LogP contribution in [0.15, 0.2) is 59.5 Å². The Morgan fingerprint density at radius 2 is 1.92 bits per heavy atom. The molecule has 4 heteroatoms. The summed E-state index contributed by atoms with van der Waals surface area (Å²) < 4.78 is 11.8. The van der Waals surface area contributed by atoms with Gasteiger partial charge in [0.25, 0.3) is 0 Å². The van der Waals surface area contributed by atoms with Crippen LogP contribution in [0.4, 0.5) is 0 Å². The zero-order valence-electron chi connectivity index (χ0n) is 14.9. The molecule has 0 N–H and O–H groups in total. The van der Waals surface area contributed by atoms with Gasteiger partial charge in [0.2, 0.25) is 0 Å². The third kappa shape index (κ3) is 5.77. The van der Waals surface area contributed by atoms with Gasteiger partial charge in [-0.2, -0.15) is 0 Å². The number of thioether (sulfide) groups is 1. The minimum absolute atomic E-state index is 0.265. The van der Waals surface area contributed by atoms with Crippen molar-refractivity contribution in [2.45, 2.75) is 30.9 Å². The lowest BCUT2D eigenvalue weighted by atomic mass is 10.2. The van der Waals surface area contributed by atoms with Gasteiger partial charge in [-0.15, -0.1) is 11.8 Å². The highest BCUT2D eigenvalue weighted by molar-refractivity contribution is 7.99. The van der Waals surface area contributed by atoms with E-state index in [2.05, 4.69) is 60.4 Å². The van der Waals surface area contributed by atoms with E-state index in [1.54, 1.807) is 0 Å². The summed E-state index contributed by atoms with van der Waals surface area (Å²) >= 11 is 1.84. The van der Waals surface area contributed by atoms with Crippen molar-refractivity contribution in [3.05, 3.63) is 60.2 Å². The molecule has 0 aromatic heterocycles. The van der Waals surface area contributed by atoms with Crippen molar-refractivity contribution in [2.75, 3.05) is 32.1 Å². The number of nitrogens with zero attached hydrogens (tertiary/aromatic N) is 1. The molecule has 1 aliphatic heterocycles. The minimum Gasteiger partial charge on any atom is -0.492 e. The van der Waals surface area contributed by atoms with Gasteiger partial charge in [0.05, 0.1) is 19.3 Å². The molecule has 0 radical (unpaired) electrons. The van der Waals surface area contributed by atoms with Crippen LogP contribution in [-0.4, -0.2) is 43.1 Å². The average molecular weight is 358 g/mol. The molecule has 1 atom stereocenters. The Labute approximate surface area is 155 Å². The number of ether oxygens (including phenoxy) is 2. The summed E-state index contributed by atoms with van der Waals surface area (Å²) in [6.07, 6.45) is 1.29. The normalized spacial score (nSPS) is 18.2. The van der Waals surface area contributed by atoms with Gasteiger partial charge in [-0.05, 0) is 24.1 Å². The van der Waals surface area contributed by atoms with Gasteiger partial charge in [-0.25, -0.2) is 0 Å². The third-order valence-electron chi connectivity index (χ3n) is 4.21. The molecule has 0 saturated carbocycles. The van der Waals surface area contributed by atoms with Crippen molar-refractivity contribution in [1.29, 1.82) is 0 Å². The van der Waals surface area contributed by atoms with Crippen LogP contribution < -0.4 is 4.74 Å². The van der Waals surface area contributed by atoms with Gasteiger partial charge in [-0.3, -0.25) is 4.90 Å². The standard InChI is InChI=1S/C21H27NO2S/c1-2-13-24-20-10-6-7-11-21(20)25-17-19-16-22(12-14-23-19)15-18-8-4-3-5-9-18/h3-11,19H,2,12-17H2,1H3. The van der Waals surface area contributed by atoms with Crippen LogP contribution in [0.3, 0.4) is 0 Å². The van der Waals surface area contributed by atoms with Gasteiger partial charge < -0.3 is 9.47 Å². The van der Waals surface area contributed by atoms with E-state index in [1.165, 1.54) is 10.5 Å². The summed E-state index contributed by atoms with van der Waals surface area (Å²) in [5, 5.41) is 0. The van der Waals surface area contributed by atoms with Crippen molar-refractivity contribution in [2.24, 2.45) is 0 Å². The fourth-order valence-electron chi connectivity index (χ4n) is 2.95. The molecule has 3 nitrogen and oxygen atoms in total. The van der Waals surface area contributed by atoms with Crippen molar-refractivity contribution < 1.29 is 9.47 Å². The smallest absolute Gasteiger partial charge is 0.132 e. The second-order valence-corrected chi connectivity index (χ2v) is 7.38. The molecule has 1 saturated heterocycles. The zero-order chi connectivity index (χ0) is 17.3. The lowest BCUT2D eigenvalue weighted by Gasteiger charge is -2.32. The molecule has 25 heavy (non-hydrogen) atoms. The Hall–Kier alpha value is -1.49. The lowest BCUT2D eigenvalue weighted by molar-refractivity contribution is -0.0187. The molecule has 2 aromatic rings. The van der Waals surface area contributed by atoms with Crippen molar-refractivity contribution >= 4 is 11.8 Å². The van der Waals surface area contributed by atoms with E-state index in [9.17, 15) is 0 Å². The first-order chi connectivity index (χ1) is 12.3. The zero-order valence-corrected chi connectivity index (χ0v) is 15.7. The van der Waals surface area contributed by atoms with Crippen LogP contribution in [0.1, 0.15) is 18.9 Å². The van der Waals surface area contributed by atoms with Crippen LogP contribution >= 0.6 is 11.8 Å². The first-order valence-corrected chi connectivity index (χ1v) is 10.1. The summed E-state index contributed by atoms with van der Waals surface area (Å²) in [4.78, 5) is 3.70. The van der Waals surface area contributed by atoms with Gasteiger partial charge in [0, 0.05) is 30.3 Å². The van der Waals surface area contributed by atoms with Crippen LogP contribution in [0, 0.1) is 0 Å². The van der Waals surface area contributed by atoms with Crippen LogP contribution in [0.25, 0.3) is 0 Å². The summed E-state index contributed by atoms with van der Waals surface area (Å²) in [6, 6.07) is 19.0. The van der Waals surface area contributed by atoms with Crippen LogP contribution in [-0.2, 0) is 11.3 Å². The molecular formula is C21H27NO2S. The van der Waals surface area contributed by atoms with Gasteiger partial charge in [-0.1, -0.05) is 49.4 Å². The first kappa shape index (κ1) is 18.3. The molecule has 2 aromatic carbocycles. The van der Waals surface area contributed by atoms with Crippen molar-refractivity contribution in [1.82, 2.24) is 4.90 Å². The second-order valence-electron chi connectivity index (χ2n) is 6.32. The molecule has 0 amide bonds. The quantitative estimate of drug-likeness (QED) is 0.650. The largest absolute Gasteiger partial charge is 0.492 e. The number of benzene rings is 2. The Balaban J connectivity index is 1.51. The van der Waals surface area contributed by atoms with Gasteiger partial charge in [0.1, 0.15) is 5.75 Å². The molecule has 0 aliphatic carbocycles. The molecule has 1 heterocycles. The summed E-state index contributed by atoms with van der Waals surface area (Å²) in [5.41, 5.74) is 1.37. The third-order valence-corrected chi connectivity index (χ3v) is 5.39. The van der Waals surface area contributed by atoms with Crippen LogP contribution in [0.5, 0.6) is 5.75 Å². The van der Waals surface area contributed by atoms with E-state index < -0.39 is 0 Å². The van der Waals surface area contributed by atoms with E-state index in [4.69, 9.17) is 9.47 Å². The maximum absolute atomic E-state index is 5.99. The molecule has 3 rings (SSSR count). The summed E-state index contributed by atoms with van der Waals surface area (Å²) in [5.74, 6) is 1.95. The number of hydrogen-bond donors (Lipinski definition) is 0. The minimum atomic E-state index is 0.265. The number of morpholine rings is 1. The maximum Gasteiger partial charge on any atom is 0.132 e. The number of para-hydroxylation sites is 1. The predicted octanol–water partition coefficient (Wildman–Crippen LogP) is 4.47. The number of rotatable bonds is 8. The molecule has 1 aliphatic rings. The maximum atomic E-state index is 5.99. The van der Waals surface area contributed by atoms with E-state index in [1.807, 2.05) is 17.8 Å². The Kier molecular flexibility index (Phi) is 7.22. The fourth-order valence-corrected chi connectivity index (χ4v) is 3.96. The van der Waals surface area contributed by atoms with Crippen molar-refractivity contribution in [3.63, 3.8) is 0 Å². The molecule has 134 valence electrons. The topological polar surface area (TPSA) is 21.7 Å². The SMILES string of the molecule is CCCOc1ccccc1SCC1CN(Cc2ccccc2)CCO1. The number of hydrogen-bond acceptors (Lipinski definition) is 4. The molecule has 1 unspecified atom stereocenters. The van der Waals surface area contributed by atoms with E-state index in [0.717, 1.165) is 50.8 Å². The molecule has 0 bridgehead atoms. The highest BCUT2D eigenvalue weighted by Gasteiger charge is 2.21. The highest BCUT2D eigenvalue weighted by atomic mass is 32.2. The molecule has 0 spiro atoms. The monoisotopic (exact) mass is 357 g/mol. The van der Waals surface area contributed by atoms with E-state index in [-0.39, 0.29) is 6.10 Å².